The maximum absolute atomic E-state index is 9.05. The first-order valence-corrected chi connectivity index (χ1v) is 11.6. The number of fused-ring (bicyclic) bond motifs is 1. The van der Waals surface area contributed by atoms with Crippen LogP contribution in [0, 0.1) is 16.7 Å². The van der Waals surface area contributed by atoms with Gasteiger partial charge in [-0.05, 0) is 69.8 Å². The minimum atomic E-state index is 0.137. The number of rotatable bonds is 4. The van der Waals surface area contributed by atoms with E-state index in [-0.39, 0.29) is 5.84 Å². The molecule has 0 saturated carbocycles. The van der Waals surface area contributed by atoms with Crippen LogP contribution in [0.4, 0.5) is 0 Å². The minimum absolute atomic E-state index is 0.137. The summed E-state index contributed by atoms with van der Waals surface area (Å²) in [6, 6.07) is 31.7. The standard InChI is InChI=1S/C31H24N4/c32-20-21-10-12-22(13-11-21)23-14-16-24(17-15-23)28-18-26-8-4-5-9-27(26)19-29(28)31(34)35-30(33)25-6-2-1-3-7-25/h1-3,6-19H,4-5H2,(H3,33,34,35). The van der Waals surface area contributed by atoms with Gasteiger partial charge in [-0.1, -0.05) is 78.9 Å². The highest BCUT2D eigenvalue weighted by atomic mass is 14.9. The summed E-state index contributed by atoms with van der Waals surface area (Å²) in [6.07, 6.45) is 6.51. The highest BCUT2D eigenvalue weighted by Gasteiger charge is 2.12. The first-order valence-electron chi connectivity index (χ1n) is 11.6. The molecule has 0 amide bonds. The Morgan fingerprint density at radius 2 is 1.34 bits per heavy atom. The van der Waals surface area contributed by atoms with Gasteiger partial charge in [-0.15, -0.1) is 0 Å². The number of hydrogen-bond acceptors (Lipinski definition) is 2. The second-order valence-corrected chi connectivity index (χ2v) is 8.49. The molecule has 0 heterocycles. The van der Waals surface area contributed by atoms with Crippen LogP contribution in [0.1, 0.15) is 29.5 Å². The molecule has 0 saturated heterocycles. The summed E-state index contributed by atoms with van der Waals surface area (Å²) in [5.74, 6) is 0.463. The molecule has 1 aliphatic carbocycles. The molecule has 1 aliphatic rings. The van der Waals surface area contributed by atoms with E-state index in [1.165, 1.54) is 5.22 Å². The van der Waals surface area contributed by atoms with Crippen molar-refractivity contribution in [3.05, 3.63) is 118 Å². The molecule has 4 aromatic rings. The third kappa shape index (κ3) is 4.66. The molecule has 168 valence electrons. The van der Waals surface area contributed by atoms with E-state index in [1.54, 1.807) is 0 Å². The molecule has 35 heavy (non-hydrogen) atoms. The Labute approximate surface area is 204 Å². The molecule has 0 aromatic heterocycles. The second kappa shape index (κ2) is 9.62. The van der Waals surface area contributed by atoms with Crippen molar-refractivity contribution < 1.29 is 0 Å². The number of nitrogens with two attached hydrogens (primary N) is 1. The molecule has 5 rings (SSSR count). The number of nitrogens with zero attached hydrogens (tertiary/aromatic N) is 2. The quantitative estimate of drug-likeness (QED) is 0.338. The van der Waals surface area contributed by atoms with Crippen LogP contribution in [0.15, 0.2) is 96.0 Å². The number of hydrogen-bond donors (Lipinski definition) is 2. The summed E-state index contributed by atoms with van der Waals surface area (Å²) in [5, 5.41) is 19.8. The van der Waals surface area contributed by atoms with Crippen LogP contribution in [-0.4, -0.2) is 11.7 Å². The van der Waals surface area contributed by atoms with E-state index < -0.39 is 0 Å². The van der Waals surface area contributed by atoms with E-state index in [2.05, 4.69) is 59.6 Å². The van der Waals surface area contributed by atoms with Crippen molar-refractivity contribution in [3.8, 4) is 28.3 Å². The van der Waals surface area contributed by atoms with Crippen molar-refractivity contribution in [1.29, 1.82) is 10.7 Å². The summed E-state index contributed by atoms with van der Waals surface area (Å²) >= 11 is 0. The van der Waals surface area contributed by atoms with Gasteiger partial charge in [0.15, 0.2) is 5.84 Å². The molecular formula is C31H24N4. The van der Waals surface area contributed by atoms with Crippen LogP contribution in [0.2, 0.25) is 0 Å². The van der Waals surface area contributed by atoms with Crippen molar-refractivity contribution in [1.82, 2.24) is 0 Å². The van der Waals surface area contributed by atoms with Crippen molar-refractivity contribution in [2.75, 3.05) is 0 Å². The number of nitriles is 1. The minimum Gasteiger partial charge on any atom is -0.383 e. The van der Waals surface area contributed by atoms with Crippen molar-refractivity contribution in [3.63, 3.8) is 0 Å². The predicted octanol–water partition coefficient (Wildman–Crippen LogP) is 4.98. The van der Waals surface area contributed by atoms with Gasteiger partial charge in [0.2, 0.25) is 0 Å². The average molecular weight is 453 g/mol. The number of benzene rings is 4. The van der Waals surface area contributed by atoms with Gasteiger partial charge in [0.05, 0.1) is 11.6 Å². The van der Waals surface area contributed by atoms with E-state index in [4.69, 9.17) is 16.4 Å². The monoisotopic (exact) mass is 452 g/mol. The third-order valence-electron chi connectivity index (χ3n) is 6.22. The van der Waals surface area contributed by atoms with Gasteiger partial charge in [0.1, 0.15) is 5.84 Å². The molecule has 0 radical (unpaired) electrons. The lowest BCUT2D eigenvalue weighted by molar-refractivity contribution is 1.12. The molecule has 0 aliphatic heterocycles. The number of amidine groups is 2. The van der Waals surface area contributed by atoms with Gasteiger partial charge < -0.3 is 5.73 Å². The van der Waals surface area contributed by atoms with E-state index in [0.717, 1.165) is 51.4 Å². The summed E-state index contributed by atoms with van der Waals surface area (Å²) in [7, 11) is 0. The van der Waals surface area contributed by atoms with E-state index in [0.29, 0.717) is 11.4 Å². The fraction of sp³-hybridized carbons (Fsp3) is 0.0645. The predicted molar refractivity (Wildman–Crippen MR) is 143 cm³/mol. The van der Waals surface area contributed by atoms with Crippen molar-refractivity contribution in [2.24, 2.45) is 10.7 Å². The molecule has 0 bridgehead atoms. The SMILES string of the molecule is N#Cc1ccc(-c2ccc(-c3cc4c(cc3C(N)=NC(=N)c3ccccc3)=CCCC=4)cc2)cc1. The normalized spacial score (nSPS) is 12.6. The topological polar surface area (TPSA) is 86.0 Å². The zero-order valence-corrected chi connectivity index (χ0v) is 19.2. The van der Waals surface area contributed by atoms with E-state index >= 15 is 0 Å². The molecule has 4 heteroatoms. The van der Waals surface area contributed by atoms with E-state index in [9.17, 15) is 0 Å². The Morgan fingerprint density at radius 3 is 1.97 bits per heavy atom. The van der Waals surface area contributed by atoms with Gasteiger partial charge >= 0.3 is 0 Å². The Hall–Kier alpha value is -4.75. The van der Waals surface area contributed by atoms with Gasteiger partial charge in [-0.2, -0.15) is 5.26 Å². The first-order chi connectivity index (χ1) is 17.1. The molecular weight excluding hydrogens is 428 g/mol. The highest BCUT2D eigenvalue weighted by molar-refractivity contribution is 6.12. The van der Waals surface area contributed by atoms with Crippen molar-refractivity contribution in [2.45, 2.75) is 12.8 Å². The molecule has 0 unspecified atom stereocenters. The second-order valence-electron chi connectivity index (χ2n) is 8.49. The molecule has 4 aromatic carbocycles. The maximum Gasteiger partial charge on any atom is 0.154 e. The first kappa shape index (κ1) is 22.1. The molecule has 0 atom stereocenters. The van der Waals surface area contributed by atoms with Gasteiger partial charge in [-0.25, -0.2) is 4.99 Å². The zero-order valence-electron chi connectivity index (χ0n) is 19.2. The fourth-order valence-electron chi connectivity index (χ4n) is 4.34. The summed E-state index contributed by atoms with van der Waals surface area (Å²) in [5.41, 5.74) is 12.9. The number of nitrogens with one attached hydrogen (secondary N) is 1. The Morgan fingerprint density at radius 1 is 0.771 bits per heavy atom. The van der Waals surface area contributed by atoms with Gasteiger partial charge in [0.25, 0.3) is 0 Å². The van der Waals surface area contributed by atoms with Crippen LogP contribution in [-0.2, 0) is 0 Å². The Bertz CT molecular complexity index is 1590. The van der Waals surface area contributed by atoms with Crippen LogP contribution in [0.25, 0.3) is 34.4 Å². The third-order valence-corrected chi connectivity index (χ3v) is 6.22. The summed E-state index contributed by atoms with van der Waals surface area (Å²) < 4.78 is 0. The van der Waals surface area contributed by atoms with Crippen LogP contribution in [0.5, 0.6) is 0 Å². The molecule has 3 N–H and O–H groups in total. The Kier molecular flexibility index (Phi) is 6.07. The Balaban J connectivity index is 1.57. The average Bonchev–Trinajstić information content (AvgIpc) is 2.93. The molecule has 0 spiro atoms. The van der Waals surface area contributed by atoms with Crippen molar-refractivity contribution >= 4 is 23.8 Å². The van der Waals surface area contributed by atoms with Crippen LogP contribution < -0.4 is 16.2 Å². The van der Waals surface area contributed by atoms with Crippen LogP contribution in [0.3, 0.4) is 0 Å². The lowest BCUT2D eigenvalue weighted by Crippen LogP contribution is -2.30. The smallest absolute Gasteiger partial charge is 0.154 e. The lowest BCUT2D eigenvalue weighted by atomic mass is 9.93. The summed E-state index contributed by atoms with van der Waals surface area (Å²) in [4.78, 5) is 4.46. The highest BCUT2D eigenvalue weighted by Crippen LogP contribution is 2.27. The summed E-state index contributed by atoms with van der Waals surface area (Å²) in [6.45, 7) is 0. The van der Waals surface area contributed by atoms with E-state index in [1.807, 2.05) is 54.6 Å². The fourth-order valence-corrected chi connectivity index (χ4v) is 4.34. The van der Waals surface area contributed by atoms with Gasteiger partial charge in [0, 0.05) is 11.1 Å². The largest absolute Gasteiger partial charge is 0.383 e. The molecule has 4 nitrogen and oxygen atoms in total. The molecule has 0 fully saturated rings. The number of aliphatic imine (C=N–C) groups is 1. The van der Waals surface area contributed by atoms with Crippen LogP contribution >= 0.6 is 0 Å². The maximum atomic E-state index is 9.05. The zero-order chi connectivity index (χ0) is 24.2. The van der Waals surface area contributed by atoms with Gasteiger partial charge in [-0.3, -0.25) is 5.41 Å². The lowest BCUT2D eigenvalue weighted by Gasteiger charge is -2.13.